The van der Waals surface area contributed by atoms with Crippen molar-refractivity contribution in [2.45, 2.75) is 12.1 Å². The molecular weight excluding hydrogens is 271 g/mol. The summed E-state index contributed by atoms with van der Waals surface area (Å²) >= 11 is 0. The molecule has 0 aromatic heterocycles. The number of likely N-dealkylation sites (N-methyl/N-ethyl adjacent to an activating group) is 1. The van der Waals surface area contributed by atoms with Crippen molar-refractivity contribution in [3.05, 3.63) is 66.0 Å². The number of hydrogen-bond acceptors (Lipinski definition) is 3. The van der Waals surface area contributed by atoms with E-state index in [9.17, 15) is 14.3 Å². The summed E-state index contributed by atoms with van der Waals surface area (Å²) in [5.74, 6) is -1.29. The van der Waals surface area contributed by atoms with Crippen LogP contribution in [0, 0.1) is 5.82 Å². The molecular formula is C16H17FN2O2. The molecule has 0 spiro atoms. The number of amides is 1. The molecule has 0 aliphatic heterocycles. The lowest BCUT2D eigenvalue weighted by Gasteiger charge is -2.32. The third-order valence-corrected chi connectivity index (χ3v) is 3.36. The van der Waals surface area contributed by atoms with Crippen molar-refractivity contribution in [3.63, 3.8) is 0 Å². The molecule has 0 radical (unpaired) electrons. The van der Waals surface area contributed by atoms with Gasteiger partial charge in [-0.1, -0.05) is 30.3 Å². The van der Waals surface area contributed by atoms with Crippen molar-refractivity contribution in [2.75, 3.05) is 11.9 Å². The lowest BCUT2D eigenvalue weighted by molar-refractivity contribution is -0.127. The van der Waals surface area contributed by atoms with E-state index in [2.05, 4.69) is 0 Å². The largest absolute Gasteiger partial charge is 0.381 e. The summed E-state index contributed by atoms with van der Waals surface area (Å²) in [5.41, 5.74) is 6.48. The molecule has 1 amide bonds. The molecule has 0 bridgehead atoms. The summed E-state index contributed by atoms with van der Waals surface area (Å²) < 4.78 is 13.4. The van der Waals surface area contributed by atoms with Crippen LogP contribution >= 0.6 is 0 Å². The highest BCUT2D eigenvalue weighted by Gasteiger charge is 2.30. The maximum Gasteiger partial charge on any atom is 0.248 e. The van der Waals surface area contributed by atoms with Crippen LogP contribution in [-0.4, -0.2) is 24.2 Å². The summed E-state index contributed by atoms with van der Waals surface area (Å²) in [6, 6.07) is 14.2. The number of aliphatic hydroxyl groups is 1. The number of benzene rings is 2. The predicted octanol–water partition coefficient (Wildman–Crippen LogP) is 1.85. The van der Waals surface area contributed by atoms with Crippen LogP contribution in [0.15, 0.2) is 54.6 Å². The van der Waals surface area contributed by atoms with Crippen LogP contribution in [0.5, 0.6) is 0 Å². The Hall–Kier alpha value is -2.40. The number of carbonyl (C=O) groups is 1. The van der Waals surface area contributed by atoms with Crippen molar-refractivity contribution in [1.82, 2.24) is 0 Å². The second kappa shape index (κ2) is 6.37. The molecule has 5 heteroatoms. The number of nitrogens with two attached hydrogens (primary N) is 1. The molecule has 2 aromatic rings. The van der Waals surface area contributed by atoms with E-state index < -0.39 is 23.9 Å². The van der Waals surface area contributed by atoms with Gasteiger partial charge in [-0.05, 0) is 29.8 Å². The van der Waals surface area contributed by atoms with Crippen LogP contribution in [0.4, 0.5) is 10.1 Å². The number of para-hydroxylation sites is 1. The first kappa shape index (κ1) is 15.0. The minimum Gasteiger partial charge on any atom is -0.381 e. The smallest absolute Gasteiger partial charge is 0.248 e. The van der Waals surface area contributed by atoms with E-state index in [0.29, 0.717) is 5.56 Å². The minimum absolute atomic E-state index is 0.435. The Morgan fingerprint density at radius 3 is 2.43 bits per heavy atom. The standard InChI is InChI=1S/C16H17FN2O2/c1-19(13-8-3-2-4-9-13)14(15(20)16(18)21)11-6-5-7-12(17)10-11/h2-10,14-15,20H,1H3,(H2,18,21). The van der Waals surface area contributed by atoms with Crippen molar-refractivity contribution < 1.29 is 14.3 Å². The van der Waals surface area contributed by atoms with E-state index >= 15 is 0 Å². The summed E-state index contributed by atoms with van der Waals surface area (Å²) in [7, 11) is 1.72. The van der Waals surface area contributed by atoms with Crippen molar-refractivity contribution >= 4 is 11.6 Å². The first-order valence-electron chi connectivity index (χ1n) is 6.51. The molecule has 2 atom stereocenters. The van der Waals surface area contributed by atoms with Gasteiger partial charge in [-0.3, -0.25) is 4.79 Å². The van der Waals surface area contributed by atoms with Crippen LogP contribution in [0.2, 0.25) is 0 Å². The van der Waals surface area contributed by atoms with Crippen LogP contribution in [-0.2, 0) is 4.79 Å². The summed E-state index contributed by atoms with van der Waals surface area (Å²) in [5, 5.41) is 10.1. The number of hydrogen-bond donors (Lipinski definition) is 2. The van der Waals surface area contributed by atoms with Gasteiger partial charge in [0, 0.05) is 12.7 Å². The monoisotopic (exact) mass is 288 g/mol. The van der Waals surface area contributed by atoms with E-state index in [0.717, 1.165) is 5.69 Å². The molecule has 0 aliphatic carbocycles. The normalized spacial score (nSPS) is 13.5. The van der Waals surface area contributed by atoms with Gasteiger partial charge in [0.2, 0.25) is 5.91 Å². The average molecular weight is 288 g/mol. The molecule has 0 heterocycles. The number of rotatable bonds is 5. The maximum absolute atomic E-state index is 13.4. The first-order valence-corrected chi connectivity index (χ1v) is 6.51. The number of aliphatic hydroxyl groups excluding tert-OH is 1. The molecule has 21 heavy (non-hydrogen) atoms. The Labute approximate surface area is 122 Å². The summed E-state index contributed by atoms with van der Waals surface area (Å²) in [6.45, 7) is 0. The number of carbonyl (C=O) groups excluding carboxylic acids is 1. The van der Waals surface area contributed by atoms with Crippen LogP contribution in [0.25, 0.3) is 0 Å². The van der Waals surface area contributed by atoms with Gasteiger partial charge >= 0.3 is 0 Å². The number of halogens is 1. The molecule has 2 unspecified atom stereocenters. The second-order valence-corrected chi connectivity index (χ2v) is 4.79. The van der Waals surface area contributed by atoms with E-state index in [1.807, 2.05) is 30.3 Å². The Kier molecular flexibility index (Phi) is 4.55. The van der Waals surface area contributed by atoms with Crippen molar-refractivity contribution in [1.29, 1.82) is 0 Å². The molecule has 4 nitrogen and oxygen atoms in total. The lowest BCUT2D eigenvalue weighted by atomic mass is 9.98. The highest BCUT2D eigenvalue weighted by Crippen LogP contribution is 2.28. The fourth-order valence-electron chi connectivity index (χ4n) is 2.29. The Bertz CT molecular complexity index is 619. The summed E-state index contributed by atoms with van der Waals surface area (Å²) in [4.78, 5) is 13.1. The minimum atomic E-state index is -1.45. The van der Waals surface area contributed by atoms with Crippen molar-refractivity contribution in [3.8, 4) is 0 Å². The lowest BCUT2D eigenvalue weighted by Crippen LogP contribution is -2.42. The second-order valence-electron chi connectivity index (χ2n) is 4.79. The zero-order valence-electron chi connectivity index (χ0n) is 11.6. The predicted molar refractivity (Wildman–Crippen MR) is 79.2 cm³/mol. The Morgan fingerprint density at radius 2 is 1.86 bits per heavy atom. The topological polar surface area (TPSA) is 66.6 Å². The third-order valence-electron chi connectivity index (χ3n) is 3.36. The first-order chi connectivity index (χ1) is 10.0. The molecule has 3 N–H and O–H groups in total. The van der Waals surface area contributed by atoms with Gasteiger partial charge in [-0.15, -0.1) is 0 Å². The van der Waals surface area contributed by atoms with Gasteiger partial charge in [0.1, 0.15) is 5.82 Å². The van der Waals surface area contributed by atoms with Crippen LogP contribution in [0.3, 0.4) is 0 Å². The zero-order valence-corrected chi connectivity index (χ0v) is 11.6. The van der Waals surface area contributed by atoms with Gasteiger partial charge in [0.25, 0.3) is 0 Å². The average Bonchev–Trinajstić information content (AvgIpc) is 2.48. The zero-order chi connectivity index (χ0) is 15.4. The highest BCUT2D eigenvalue weighted by atomic mass is 19.1. The van der Waals surface area contributed by atoms with E-state index in [-0.39, 0.29) is 0 Å². The Morgan fingerprint density at radius 1 is 1.19 bits per heavy atom. The molecule has 0 fully saturated rings. The fraction of sp³-hybridized carbons (Fsp3) is 0.188. The highest BCUT2D eigenvalue weighted by molar-refractivity contribution is 5.80. The maximum atomic E-state index is 13.4. The quantitative estimate of drug-likeness (QED) is 0.882. The molecule has 2 aromatic carbocycles. The van der Waals surface area contributed by atoms with E-state index in [4.69, 9.17) is 5.73 Å². The fourth-order valence-corrected chi connectivity index (χ4v) is 2.29. The van der Waals surface area contributed by atoms with E-state index in [1.165, 1.54) is 18.2 Å². The van der Waals surface area contributed by atoms with Gasteiger partial charge < -0.3 is 15.7 Å². The molecule has 0 saturated heterocycles. The van der Waals surface area contributed by atoms with Crippen LogP contribution < -0.4 is 10.6 Å². The molecule has 2 rings (SSSR count). The Balaban J connectivity index is 2.44. The van der Waals surface area contributed by atoms with Gasteiger partial charge in [0.15, 0.2) is 6.10 Å². The SMILES string of the molecule is CN(c1ccccc1)C(c1cccc(F)c1)C(O)C(N)=O. The van der Waals surface area contributed by atoms with Gasteiger partial charge in [-0.2, -0.15) is 0 Å². The van der Waals surface area contributed by atoms with Crippen molar-refractivity contribution in [2.24, 2.45) is 5.73 Å². The number of anilines is 1. The van der Waals surface area contributed by atoms with Gasteiger partial charge in [-0.25, -0.2) is 4.39 Å². The molecule has 0 saturated carbocycles. The molecule has 0 aliphatic rings. The summed E-state index contributed by atoms with van der Waals surface area (Å²) in [6.07, 6.45) is -1.45. The van der Waals surface area contributed by atoms with E-state index in [1.54, 1.807) is 18.0 Å². The molecule has 110 valence electrons. The van der Waals surface area contributed by atoms with Crippen LogP contribution in [0.1, 0.15) is 11.6 Å². The third kappa shape index (κ3) is 3.38. The number of primary amides is 1. The number of nitrogens with zero attached hydrogens (tertiary/aromatic N) is 1. The van der Waals surface area contributed by atoms with Gasteiger partial charge in [0.05, 0.1) is 6.04 Å².